The minimum Gasteiger partial charge on any atom is -0.406 e. The zero-order valence-corrected chi connectivity index (χ0v) is 19.6. The van der Waals surface area contributed by atoms with Crippen molar-refractivity contribution in [3.05, 3.63) is 71.4 Å². The molecule has 3 aromatic heterocycles. The molecule has 4 rings (SSSR count). The molecule has 0 fully saturated rings. The second kappa shape index (κ2) is 9.84. The highest BCUT2D eigenvalue weighted by Crippen LogP contribution is 2.28. The van der Waals surface area contributed by atoms with E-state index >= 15 is 0 Å². The molecule has 3 heterocycles. The van der Waals surface area contributed by atoms with Crippen molar-refractivity contribution in [2.75, 3.05) is 5.32 Å². The molecule has 0 saturated heterocycles. The molecule has 1 aromatic carbocycles. The van der Waals surface area contributed by atoms with Crippen molar-refractivity contribution >= 4 is 23.3 Å². The fraction of sp³-hybridized carbons (Fsp3) is 0.208. The molecule has 0 radical (unpaired) electrons. The molecule has 0 spiro atoms. The molecule has 0 aliphatic carbocycles. The largest absolute Gasteiger partial charge is 0.573 e. The number of carbonyl (C=O) groups excluding carboxylic acids is 2. The first-order valence-corrected chi connectivity index (χ1v) is 10.7. The van der Waals surface area contributed by atoms with Gasteiger partial charge in [0.05, 0.1) is 24.8 Å². The molecule has 2 N–H and O–H groups in total. The van der Waals surface area contributed by atoms with Crippen LogP contribution < -0.4 is 15.4 Å². The van der Waals surface area contributed by atoms with E-state index in [1.165, 1.54) is 29.9 Å². The molecular formula is C24H20F4N6O3. The molecule has 4 aromatic rings. The van der Waals surface area contributed by atoms with E-state index in [4.69, 9.17) is 1.37 Å². The highest BCUT2D eigenvalue weighted by atomic mass is 19.4. The normalized spacial score (nSPS) is 13.5. The van der Waals surface area contributed by atoms with Gasteiger partial charge in [-0.05, 0) is 50.2 Å². The Morgan fingerprint density at radius 3 is 2.65 bits per heavy atom. The summed E-state index contributed by atoms with van der Waals surface area (Å²) in [6.07, 6.45) is -2.26. The predicted molar refractivity (Wildman–Crippen MR) is 124 cm³/mol. The molecular weight excluding hydrogens is 496 g/mol. The number of fused-ring (bicyclic) bond motifs is 1. The van der Waals surface area contributed by atoms with Gasteiger partial charge in [0.15, 0.2) is 11.5 Å². The first kappa shape index (κ1) is 24.2. The highest BCUT2D eigenvalue weighted by molar-refractivity contribution is 5.95. The number of amides is 2. The quantitative estimate of drug-likeness (QED) is 0.362. The van der Waals surface area contributed by atoms with Crippen molar-refractivity contribution in [1.29, 1.82) is 0 Å². The Bertz CT molecular complexity index is 1550. The number of halogens is 4. The smallest absolute Gasteiger partial charge is 0.406 e. The van der Waals surface area contributed by atoms with E-state index in [0.29, 0.717) is 34.5 Å². The van der Waals surface area contributed by atoms with Gasteiger partial charge in [0.1, 0.15) is 11.6 Å². The number of nitrogens with one attached hydrogen (secondary N) is 2. The van der Waals surface area contributed by atoms with Crippen molar-refractivity contribution < 1.29 is 33.3 Å². The number of hydrogen-bond donors (Lipinski definition) is 2. The van der Waals surface area contributed by atoms with Crippen LogP contribution in [0.2, 0.25) is 0 Å². The summed E-state index contributed by atoms with van der Waals surface area (Å²) >= 11 is 0. The average molecular weight is 517 g/mol. The van der Waals surface area contributed by atoms with Gasteiger partial charge in [-0.25, -0.2) is 13.9 Å². The average Bonchev–Trinajstić information content (AvgIpc) is 3.20. The number of carbonyl (C=O) groups is 2. The molecule has 2 amide bonds. The minimum atomic E-state index is -5.01. The third kappa shape index (κ3) is 6.00. The summed E-state index contributed by atoms with van der Waals surface area (Å²) in [4.78, 5) is 32.7. The van der Waals surface area contributed by atoms with E-state index in [9.17, 15) is 27.2 Å². The van der Waals surface area contributed by atoms with Gasteiger partial charge in [-0.3, -0.25) is 14.6 Å². The zero-order valence-electron chi connectivity index (χ0n) is 20.6. The molecule has 0 aliphatic rings. The molecule has 13 heteroatoms. The van der Waals surface area contributed by atoms with Gasteiger partial charge in [0.25, 0.3) is 5.91 Å². The Morgan fingerprint density at radius 1 is 1.19 bits per heavy atom. The Kier molecular flexibility index (Phi) is 6.42. The first-order chi connectivity index (χ1) is 17.7. The highest BCUT2D eigenvalue weighted by Gasteiger charge is 2.31. The predicted octanol–water partition coefficient (Wildman–Crippen LogP) is 4.59. The number of benzene rings is 1. The van der Waals surface area contributed by atoms with Gasteiger partial charge >= 0.3 is 6.36 Å². The minimum absolute atomic E-state index is 0.00126. The number of aryl methyl sites for hydroxylation is 1. The molecule has 0 aliphatic heterocycles. The molecule has 0 bridgehead atoms. The van der Waals surface area contributed by atoms with Crippen molar-refractivity contribution in [2.45, 2.75) is 33.2 Å². The van der Waals surface area contributed by atoms with Crippen LogP contribution in [0.15, 0.2) is 48.8 Å². The van der Waals surface area contributed by atoms with Crippen LogP contribution in [0.5, 0.6) is 5.75 Å². The number of hydrogen-bond acceptors (Lipinski definition) is 6. The van der Waals surface area contributed by atoms with Gasteiger partial charge < -0.3 is 15.4 Å². The van der Waals surface area contributed by atoms with E-state index < -0.39 is 35.4 Å². The van der Waals surface area contributed by atoms with Crippen LogP contribution in [0, 0.1) is 12.7 Å². The summed E-state index contributed by atoms with van der Waals surface area (Å²) in [5, 5.41) is 9.31. The van der Waals surface area contributed by atoms with Crippen LogP contribution in [0.1, 0.15) is 42.9 Å². The Labute approximate surface area is 208 Å². The van der Waals surface area contributed by atoms with E-state index in [0.717, 1.165) is 19.1 Å². The fourth-order valence-corrected chi connectivity index (χ4v) is 3.48. The van der Waals surface area contributed by atoms with E-state index in [-0.39, 0.29) is 11.5 Å². The van der Waals surface area contributed by atoms with E-state index in [1.807, 2.05) is 0 Å². The number of pyridine rings is 1. The number of aromatic nitrogens is 4. The molecule has 192 valence electrons. The van der Waals surface area contributed by atoms with Gasteiger partial charge in [0, 0.05) is 29.9 Å². The second-order valence-electron chi connectivity index (χ2n) is 7.95. The maximum atomic E-state index is 14.4. The van der Waals surface area contributed by atoms with Crippen LogP contribution in [0.25, 0.3) is 16.9 Å². The summed E-state index contributed by atoms with van der Waals surface area (Å²) in [7, 11) is 0. The maximum Gasteiger partial charge on any atom is 0.573 e. The number of alkyl halides is 3. The molecule has 0 saturated carbocycles. The molecule has 9 nitrogen and oxygen atoms in total. The summed E-state index contributed by atoms with van der Waals surface area (Å²) < 4.78 is 65.9. The van der Waals surface area contributed by atoms with E-state index in [1.54, 1.807) is 19.1 Å². The maximum absolute atomic E-state index is 14.4. The monoisotopic (exact) mass is 517 g/mol. The van der Waals surface area contributed by atoms with Crippen molar-refractivity contribution in [2.24, 2.45) is 0 Å². The summed E-state index contributed by atoms with van der Waals surface area (Å²) in [6, 6.07) is 4.79. The Morgan fingerprint density at radius 2 is 1.95 bits per heavy atom. The standard InChI is InChI=1S/C24H20F4N6O3/c1-12-18(20-6-7-22-32-21(31-14(3)35)11-34(22)33-20)8-15(10-29-12)23(36)30-13(2)17-9-16(4-5-19(17)25)37-24(26,27)28/h4-11,13H,1-3H3,(H,30,36)(H,31,35)/i13D. The lowest BCUT2D eigenvalue weighted by molar-refractivity contribution is -0.274. The Balaban J connectivity index is 1.62. The van der Waals surface area contributed by atoms with Crippen molar-refractivity contribution in [3.8, 4) is 17.0 Å². The number of anilines is 1. The third-order valence-corrected chi connectivity index (χ3v) is 5.13. The molecule has 1 unspecified atom stereocenters. The topological polar surface area (TPSA) is 111 Å². The number of rotatable bonds is 6. The lowest BCUT2D eigenvalue weighted by atomic mass is 10.1. The SMILES string of the molecule is [2H]C(C)(NC(=O)c1cnc(C)c(-c2ccc3nc(NC(C)=O)cn3n2)c1)c1cc(OC(F)(F)F)ccc1F. The van der Waals surface area contributed by atoms with Gasteiger partial charge in [0.2, 0.25) is 5.91 Å². The van der Waals surface area contributed by atoms with Crippen LogP contribution in [-0.2, 0) is 4.79 Å². The van der Waals surface area contributed by atoms with Crippen LogP contribution >= 0.6 is 0 Å². The second-order valence-corrected chi connectivity index (χ2v) is 7.95. The van der Waals surface area contributed by atoms with Crippen molar-refractivity contribution in [3.63, 3.8) is 0 Å². The summed E-state index contributed by atoms with van der Waals surface area (Å²) in [5.41, 5.74) is 1.33. The first-order valence-electron chi connectivity index (χ1n) is 11.2. The van der Waals surface area contributed by atoms with Crippen molar-refractivity contribution in [1.82, 2.24) is 24.9 Å². The summed E-state index contributed by atoms with van der Waals surface area (Å²) in [5.74, 6) is -2.56. The van der Waals surface area contributed by atoms with Gasteiger partial charge in [-0.15, -0.1) is 13.2 Å². The third-order valence-electron chi connectivity index (χ3n) is 5.13. The number of nitrogens with zero attached hydrogens (tertiary/aromatic N) is 4. The van der Waals surface area contributed by atoms with Crippen LogP contribution in [0.3, 0.4) is 0 Å². The lowest BCUT2D eigenvalue weighted by Crippen LogP contribution is -2.27. The lowest BCUT2D eigenvalue weighted by Gasteiger charge is -2.17. The zero-order chi connectivity index (χ0) is 27.8. The van der Waals surface area contributed by atoms with Crippen LogP contribution in [0.4, 0.5) is 23.4 Å². The Hall–Kier alpha value is -4.55. The van der Waals surface area contributed by atoms with Gasteiger partial charge in [-0.2, -0.15) is 5.10 Å². The summed E-state index contributed by atoms with van der Waals surface area (Å²) in [6.45, 7) is 4.15. The van der Waals surface area contributed by atoms with Crippen LogP contribution in [-0.4, -0.2) is 37.8 Å². The molecule has 37 heavy (non-hydrogen) atoms. The number of imidazole rings is 1. The fourth-order valence-electron chi connectivity index (χ4n) is 3.48. The van der Waals surface area contributed by atoms with E-state index in [2.05, 4.69) is 30.4 Å². The molecule has 1 atom stereocenters. The van der Waals surface area contributed by atoms with Gasteiger partial charge in [-0.1, -0.05) is 0 Å². The number of ether oxygens (including phenoxy) is 1.